The highest BCUT2D eigenvalue weighted by atomic mass is 16.5. The molecule has 3 saturated heterocycles. The van der Waals surface area contributed by atoms with E-state index in [0.717, 1.165) is 72.7 Å². The summed E-state index contributed by atoms with van der Waals surface area (Å²) >= 11 is 0. The Labute approximate surface area is 248 Å². The van der Waals surface area contributed by atoms with E-state index in [0.29, 0.717) is 23.8 Å². The summed E-state index contributed by atoms with van der Waals surface area (Å²) < 4.78 is 7.43. The summed E-state index contributed by atoms with van der Waals surface area (Å²) in [5, 5.41) is 12.9. The third kappa shape index (κ3) is 3.58. The highest BCUT2D eigenvalue weighted by Crippen LogP contribution is 2.65. The molecular weight excluding hydrogens is 520 g/mol. The summed E-state index contributed by atoms with van der Waals surface area (Å²) in [5.41, 5.74) is 4.07. The predicted octanol–water partition coefficient (Wildman–Crippen LogP) is 6.93. The number of hydrogen-bond acceptors (Lipinski definition) is 5. The number of ether oxygens (including phenoxy) is 1. The molecule has 7 unspecified atom stereocenters. The SMILES string of the molecule is Oc1cccc2c1[nH]c1c(C3=CC45CCC=CCCCCN6CCC3C3(CC7C=CCCCC(O4)N7C53)C6)nccc12. The molecule has 3 aromatic rings. The second-order valence-electron chi connectivity index (χ2n) is 13.9. The van der Waals surface area contributed by atoms with Gasteiger partial charge in [-0.3, -0.25) is 9.88 Å². The van der Waals surface area contributed by atoms with Crippen LogP contribution in [0.1, 0.15) is 69.9 Å². The number of aromatic hydroxyl groups is 1. The molecule has 2 aromatic heterocycles. The van der Waals surface area contributed by atoms with Crippen molar-refractivity contribution in [2.75, 3.05) is 19.6 Å². The first-order valence-corrected chi connectivity index (χ1v) is 16.5. The minimum absolute atomic E-state index is 0.117. The molecule has 7 heterocycles. The van der Waals surface area contributed by atoms with Crippen LogP contribution in [0.25, 0.3) is 27.4 Å². The van der Waals surface area contributed by atoms with E-state index < -0.39 is 0 Å². The number of aromatic nitrogens is 2. The molecular formula is C36H42N4O2. The van der Waals surface area contributed by atoms with Gasteiger partial charge in [0.25, 0.3) is 0 Å². The smallest absolute Gasteiger partial charge is 0.139 e. The average molecular weight is 563 g/mol. The molecule has 1 spiro atoms. The molecule has 42 heavy (non-hydrogen) atoms. The van der Waals surface area contributed by atoms with E-state index in [2.05, 4.69) is 57.3 Å². The number of aromatic amines is 1. The maximum absolute atomic E-state index is 10.7. The number of allylic oxidation sites excluding steroid dienone is 4. The lowest BCUT2D eigenvalue weighted by Gasteiger charge is -2.56. The van der Waals surface area contributed by atoms with E-state index in [1.165, 1.54) is 44.2 Å². The summed E-state index contributed by atoms with van der Waals surface area (Å²) in [6.45, 7) is 3.49. The number of nitrogens with one attached hydrogen (secondary N) is 1. The molecule has 6 aliphatic rings. The molecule has 218 valence electrons. The number of rotatable bonds is 1. The van der Waals surface area contributed by atoms with Gasteiger partial charge in [-0.15, -0.1) is 0 Å². The van der Waals surface area contributed by atoms with Gasteiger partial charge >= 0.3 is 0 Å². The Hall–Kier alpha value is -2.93. The molecule has 3 fully saturated rings. The van der Waals surface area contributed by atoms with Crippen molar-refractivity contribution in [3.8, 4) is 5.75 Å². The van der Waals surface area contributed by atoms with Crippen molar-refractivity contribution in [1.82, 2.24) is 19.8 Å². The molecule has 5 aliphatic heterocycles. The number of fused-ring (bicyclic) bond motifs is 4. The average Bonchev–Trinajstić information content (AvgIpc) is 3.63. The van der Waals surface area contributed by atoms with Gasteiger partial charge in [-0.2, -0.15) is 0 Å². The van der Waals surface area contributed by atoms with Gasteiger partial charge in [0.05, 0.1) is 22.8 Å². The van der Waals surface area contributed by atoms with E-state index >= 15 is 0 Å². The molecule has 0 saturated carbocycles. The Balaban J connectivity index is 1.29. The van der Waals surface area contributed by atoms with Crippen LogP contribution in [0.15, 0.2) is 60.8 Å². The molecule has 1 aromatic carbocycles. The summed E-state index contributed by atoms with van der Waals surface area (Å²) in [5.74, 6) is 0.720. The fourth-order valence-corrected chi connectivity index (χ4v) is 10.1. The van der Waals surface area contributed by atoms with Crippen molar-refractivity contribution >= 4 is 27.4 Å². The second-order valence-corrected chi connectivity index (χ2v) is 13.9. The Morgan fingerprint density at radius 3 is 2.83 bits per heavy atom. The number of phenolic OH excluding ortho intramolecular Hbond substituents is 1. The lowest BCUT2D eigenvalue weighted by atomic mass is 9.55. The van der Waals surface area contributed by atoms with Crippen LogP contribution < -0.4 is 0 Å². The second kappa shape index (κ2) is 9.54. The van der Waals surface area contributed by atoms with Crippen molar-refractivity contribution < 1.29 is 9.84 Å². The highest BCUT2D eigenvalue weighted by molar-refractivity contribution is 6.11. The summed E-state index contributed by atoms with van der Waals surface area (Å²) in [6, 6.07) is 8.74. The molecule has 7 atom stereocenters. The lowest BCUT2D eigenvalue weighted by molar-refractivity contribution is -0.0733. The summed E-state index contributed by atoms with van der Waals surface area (Å²) in [7, 11) is 0. The molecule has 9 rings (SSSR count). The zero-order valence-corrected chi connectivity index (χ0v) is 24.5. The zero-order chi connectivity index (χ0) is 27.9. The maximum atomic E-state index is 10.7. The van der Waals surface area contributed by atoms with Gasteiger partial charge in [-0.25, -0.2) is 0 Å². The number of nitrogens with zero attached hydrogens (tertiary/aromatic N) is 3. The Morgan fingerprint density at radius 2 is 1.86 bits per heavy atom. The van der Waals surface area contributed by atoms with Crippen LogP contribution in [0.4, 0.5) is 0 Å². The van der Waals surface area contributed by atoms with Crippen LogP contribution in [0.2, 0.25) is 0 Å². The quantitative estimate of drug-likeness (QED) is 0.315. The van der Waals surface area contributed by atoms with Gasteiger partial charge in [-0.1, -0.05) is 36.4 Å². The third-order valence-electron chi connectivity index (χ3n) is 11.6. The van der Waals surface area contributed by atoms with Gasteiger partial charge < -0.3 is 19.7 Å². The number of piperidine rings is 1. The topological polar surface area (TPSA) is 64.6 Å². The van der Waals surface area contributed by atoms with Crippen LogP contribution in [0, 0.1) is 11.3 Å². The molecule has 6 nitrogen and oxygen atoms in total. The predicted molar refractivity (Wildman–Crippen MR) is 167 cm³/mol. The Morgan fingerprint density at radius 1 is 0.952 bits per heavy atom. The first-order valence-electron chi connectivity index (χ1n) is 16.5. The van der Waals surface area contributed by atoms with Gasteiger partial charge in [0.15, 0.2) is 0 Å². The number of pyridine rings is 1. The maximum Gasteiger partial charge on any atom is 0.139 e. The third-order valence-corrected chi connectivity index (χ3v) is 11.6. The first-order chi connectivity index (χ1) is 20.7. The van der Waals surface area contributed by atoms with Gasteiger partial charge in [-0.05, 0) is 107 Å². The largest absolute Gasteiger partial charge is 0.506 e. The molecule has 3 bridgehead atoms. The van der Waals surface area contributed by atoms with E-state index in [-0.39, 0.29) is 17.2 Å². The number of hydrogen-bond donors (Lipinski definition) is 2. The standard InChI is InChI=1S/C36H42N4O2/c41-29-13-10-12-25-26-15-18-37-32(33(26)38-31(25)29)27-22-36-17-8-3-1-2-4-9-19-39-20-16-28(27)35(23-39)21-24-11-6-5-7-14-30(42-36)40(24)34(35)36/h1,3,6,10-13,15,18,22,24,28,30,34,38,41H,2,4-5,7-9,14,16-17,19-21,23H2. The first kappa shape index (κ1) is 25.6. The van der Waals surface area contributed by atoms with Crippen LogP contribution >= 0.6 is 0 Å². The van der Waals surface area contributed by atoms with E-state index in [4.69, 9.17) is 9.72 Å². The van der Waals surface area contributed by atoms with Crippen molar-refractivity contribution in [3.05, 3.63) is 66.5 Å². The Bertz CT molecular complexity index is 1640. The van der Waals surface area contributed by atoms with Gasteiger partial charge in [0, 0.05) is 35.0 Å². The number of benzene rings is 1. The Kier molecular flexibility index (Phi) is 5.80. The monoisotopic (exact) mass is 562 g/mol. The minimum atomic E-state index is -0.331. The lowest BCUT2D eigenvalue weighted by Crippen LogP contribution is -2.62. The van der Waals surface area contributed by atoms with Crippen LogP contribution in [0.5, 0.6) is 5.75 Å². The van der Waals surface area contributed by atoms with Crippen molar-refractivity contribution in [2.45, 2.75) is 88.1 Å². The van der Waals surface area contributed by atoms with E-state index in [1.54, 1.807) is 6.07 Å². The van der Waals surface area contributed by atoms with E-state index in [9.17, 15) is 5.11 Å². The van der Waals surface area contributed by atoms with Crippen molar-refractivity contribution in [3.63, 3.8) is 0 Å². The molecule has 2 N–H and O–H groups in total. The molecule has 0 amide bonds. The summed E-state index contributed by atoms with van der Waals surface area (Å²) in [4.78, 5) is 14.4. The zero-order valence-electron chi connectivity index (χ0n) is 24.5. The fraction of sp³-hybridized carbons (Fsp3) is 0.528. The normalized spacial score (nSPS) is 38.0. The number of H-pyrrole nitrogens is 1. The molecule has 0 radical (unpaired) electrons. The highest BCUT2D eigenvalue weighted by Gasteiger charge is 2.71. The molecule has 1 aliphatic carbocycles. The fourth-order valence-electron chi connectivity index (χ4n) is 10.1. The van der Waals surface area contributed by atoms with Crippen molar-refractivity contribution in [2.24, 2.45) is 11.3 Å². The summed E-state index contributed by atoms with van der Waals surface area (Å²) in [6.07, 6.45) is 26.2. The number of para-hydroxylation sites is 1. The van der Waals surface area contributed by atoms with Gasteiger partial charge in [0.1, 0.15) is 17.6 Å². The molecule has 6 heteroatoms. The van der Waals surface area contributed by atoms with E-state index in [1.807, 2.05) is 12.3 Å². The number of phenols is 1. The minimum Gasteiger partial charge on any atom is -0.506 e. The van der Waals surface area contributed by atoms with Crippen molar-refractivity contribution in [1.29, 1.82) is 0 Å². The van der Waals surface area contributed by atoms with Crippen LogP contribution in [0.3, 0.4) is 0 Å². The van der Waals surface area contributed by atoms with Gasteiger partial charge in [0.2, 0.25) is 0 Å². The van der Waals surface area contributed by atoms with Crippen LogP contribution in [-0.2, 0) is 4.74 Å². The van der Waals surface area contributed by atoms with Crippen LogP contribution in [-0.4, -0.2) is 68.4 Å².